The van der Waals surface area contributed by atoms with Crippen LogP contribution in [0, 0.1) is 0 Å². The van der Waals surface area contributed by atoms with E-state index in [9.17, 15) is 17.4 Å². The van der Waals surface area contributed by atoms with Crippen molar-refractivity contribution in [2.24, 2.45) is 4.40 Å². The van der Waals surface area contributed by atoms with Crippen LogP contribution < -0.4 is 0 Å². The van der Waals surface area contributed by atoms with Gasteiger partial charge in [0.15, 0.2) is 5.71 Å². The third-order valence-electron chi connectivity index (χ3n) is 2.30. The summed E-state index contributed by atoms with van der Waals surface area (Å²) in [4.78, 5) is 0. The van der Waals surface area contributed by atoms with Crippen LogP contribution in [0.25, 0.3) is 6.08 Å². The van der Waals surface area contributed by atoms with E-state index < -0.39 is 27.6 Å². The average Bonchev–Trinajstić information content (AvgIpc) is 2.33. The van der Waals surface area contributed by atoms with Crippen LogP contribution in [0.15, 0.2) is 34.7 Å². The monoisotopic (exact) mass is 337 g/mol. The molecule has 0 aromatic heterocycles. The molecule has 1 unspecified atom stereocenters. The minimum Gasteiger partial charge on any atom is -0.234 e. The van der Waals surface area contributed by atoms with Crippen molar-refractivity contribution in [3.05, 3.63) is 40.9 Å². The van der Waals surface area contributed by atoms with Gasteiger partial charge in [-0.25, -0.2) is 4.21 Å². The molecule has 0 aliphatic carbocycles. The summed E-state index contributed by atoms with van der Waals surface area (Å²) in [6.07, 6.45) is -2.60. The second-order valence-corrected chi connectivity index (χ2v) is 7.56. The van der Waals surface area contributed by atoms with Gasteiger partial charge < -0.3 is 0 Å². The smallest absolute Gasteiger partial charge is 0.234 e. The zero-order chi connectivity index (χ0) is 16.3. The Hall–Kier alpha value is -1.14. The molecule has 0 N–H and O–H groups in total. The zero-order valence-electron chi connectivity index (χ0n) is 11.7. The van der Waals surface area contributed by atoms with Crippen molar-refractivity contribution >= 4 is 34.4 Å². The Labute approximate surface area is 129 Å². The molecule has 0 bridgehead atoms. The highest BCUT2D eigenvalue weighted by atomic mass is 35.5. The number of halogens is 4. The summed E-state index contributed by atoms with van der Waals surface area (Å²) in [5.74, 6) is 0. The third-order valence-corrected chi connectivity index (χ3v) is 3.96. The molecule has 1 rings (SSSR count). The van der Waals surface area contributed by atoms with E-state index in [1.54, 1.807) is 45.0 Å². The molecule has 0 radical (unpaired) electrons. The number of nitrogens with zero attached hydrogens (tertiary/aromatic N) is 1. The van der Waals surface area contributed by atoms with Crippen LogP contribution in [0.2, 0.25) is 5.02 Å². The van der Waals surface area contributed by atoms with Gasteiger partial charge in [0.2, 0.25) is 0 Å². The lowest BCUT2D eigenvalue weighted by molar-refractivity contribution is -0.0574. The van der Waals surface area contributed by atoms with Gasteiger partial charge in [0, 0.05) is 5.02 Å². The van der Waals surface area contributed by atoms with Crippen LogP contribution in [0.5, 0.6) is 0 Å². The minimum atomic E-state index is -4.66. The number of benzene rings is 1. The van der Waals surface area contributed by atoms with Crippen molar-refractivity contribution in [3.8, 4) is 0 Å². The molecule has 0 aliphatic rings. The molecule has 0 saturated carbocycles. The van der Waals surface area contributed by atoms with Crippen molar-refractivity contribution in [3.63, 3.8) is 0 Å². The molecule has 0 aliphatic heterocycles. The first-order chi connectivity index (χ1) is 9.50. The predicted molar refractivity (Wildman–Crippen MR) is 81.9 cm³/mol. The summed E-state index contributed by atoms with van der Waals surface area (Å²) >= 11 is 5.70. The van der Waals surface area contributed by atoms with Gasteiger partial charge in [-0.05, 0) is 44.5 Å². The second-order valence-electron chi connectivity index (χ2n) is 5.22. The quantitative estimate of drug-likeness (QED) is 0.727. The van der Waals surface area contributed by atoms with Crippen LogP contribution in [0.3, 0.4) is 0 Å². The van der Waals surface area contributed by atoms with Crippen molar-refractivity contribution in [1.82, 2.24) is 0 Å². The Bertz CT molecular complexity index is 571. The SMILES string of the molecule is CC(C)(C)S(=O)/N=C(/C=C/c1ccc(Cl)cc1)C(F)(F)F. The van der Waals surface area contributed by atoms with Crippen molar-refractivity contribution < 1.29 is 17.4 Å². The summed E-state index contributed by atoms with van der Waals surface area (Å²) in [7, 11) is -1.98. The molecule has 1 aromatic carbocycles. The molecule has 0 saturated heterocycles. The molecule has 2 nitrogen and oxygen atoms in total. The number of hydrogen-bond donors (Lipinski definition) is 0. The standard InChI is InChI=1S/C14H15ClF3NOS/c1-13(2,3)21(20)19-12(14(16,17)18)9-6-10-4-7-11(15)8-5-10/h4-9H,1-3H3/b9-6+,19-12-. The highest BCUT2D eigenvalue weighted by Crippen LogP contribution is 2.22. The molecule has 1 atom stereocenters. The molecule has 0 spiro atoms. The van der Waals surface area contributed by atoms with Crippen LogP contribution >= 0.6 is 11.6 Å². The fourth-order valence-electron chi connectivity index (χ4n) is 1.15. The number of alkyl halides is 3. The first kappa shape index (κ1) is 17.9. The molecular weight excluding hydrogens is 323 g/mol. The zero-order valence-corrected chi connectivity index (χ0v) is 13.3. The van der Waals surface area contributed by atoms with E-state index in [-0.39, 0.29) is 0 Å². The predicted octanol–water partition coefficient (Wildman–Crippen LogP) is 4.82. The van der Waals surface area contributed by atoms with Gasteiger partial charge in [-0.2, -0.15) is 17.6 Å². The second kappa shape index (κ2) is 6.75. The Morgan fingerprint density at radius 1 is 1.19 bits per heavy atom. The lowest BCUT2D eigenvalue weighted by Crippen LogP contribution is -2.26. The van der Waals surface area contributed by atoms with E-state index in [0.717, 1.165) is 6.08 Å². The fraction of sp³-hybridized carbons (Fsp3) is 0.357. The van der Waals surface area contributed by atoms with Crippen LogP contribution in [0.4, 0.5) is 13.2 Å². The molecule has 116 valence electrons. The maximum atomic E-state index is 12.9. The minimum absolute atomic E-state index is 0.491. The largest absolute Gasteiger partial charge is 0.434 e. The highest BCUT2D eigenvalue weighted by molar-refractivity contribution is 7.85. The van der Waals surface area contributed by atoms with Crippen molar-refractivity contribution in [2.75, 3.05) is 0 Å². The highest BCUT2D eigenvalue weighted by Gasteiger charge is 2.35. The number of allylic oxidation sites excluding steroid dienone is 1. The third kappa shape index (κ3) is 6.01. The molecule has 0 amide bonds. The number of rotatable bonds is 3. The maximum absolute atomic E-state index is 12.9. The normalized spacial score (nSPS) is 15.5. The van der Waals surface area contributed by atoms with Crippen LogP contribution in [-0.2, 0) is 11.0 Å². The van der Waals surface area contributed by atoms with E-state index in [0.29, 0.717) is 10.6 Å². The van der Waals surface area contributed by atoms with Gasteiger partial charge in [-0.15, -0.1) is 0 Å². The summed E-state index contributed by atoms with van der Waals surface area (Å²) in [6, 6.07) is 6.29. The Morgan fingerprint density at radius 3 is 2.14 bits per heavy atom. The summed E-state index contributed by atoms with van der Waals surface area (Å²) < 4.78 is 52.9. The molecule has 0 heterocycles. The lowest BCUT2D eigenvalue weighted by atomic mass is 10.2. The van der Waals surface area contributed by atoms with Gasteiger partial charge in [0.05, 0.1) is 4.75 Å². The van der Waals surface area contributed by atoms with E-state index in [4.69, 9.17) is 11.6 Å². The summed E-state index contributed by atoms with van der Waals surface area (Å²) in [5.41, 5.74) is -0.636. The van der Waals surface area contributed by atoms with Gasteiger partial charge in [-0.3, -0.25) is 0 Å². The molecule has 0 fully saturated rings. The Morgan fingerprint density at radius 2 is 1.71 bits per heavy atom. The topological polar surface area (TPSA) is 29.4 Å². The van der Waals surface area contributed by atoms with Gasteiger partial charge in [0.25, 0.3) is 0 Å². The first-order valence-electron chi connectivity index (χ1n) is 6.01. The van der Waals surface area contributed by atoms with Crippen LogP contribution in [0.1, 0.15) is 26.3 Å². The van der Waals surface area contributed by atoms with Gasteiger partial charge >= 0.3 is 6.18 Å². The average molecular weight is 338 g/mol. The van der Waals surface area contributed by atoms with Gasteiger partial charge in [0.1, 0.15) is 11.0 Å². The first-order valence-corrected chi connectivity index (χ1v) is 7.50. The van der Waals surface area contributed by atoms with Crippen LogP contribution in [-0.4, -0.2) is 20.8 Å². The molecular formula is C14H15ClF3NOS. The lowest BCUT2D eigenvalue weighted by Gasteiger charge is -2.15. The summed E-state index contributed by atoms with van der Waals surface area (Å²) in [6.45, 7) is 4.68. The molecule has 21 heavy (non-hydrogen) atoms. The van der Waals surface area contributed by atoms with E-state index in [1.807, 2.05) is 0 Å². The number of hydrogen-bond acceptors (Lipinski definition) is 1. The fourth-order valence-corrected chi connectivity index (χ4v) is 1.89. The van der Waals surface area contributed by atoms with Crippen molar-refractivity contribution in [2.45, 2.75) is 31.7 Å². The maximum Gasteiger partial charge on any atom is 0.434 e. The summed E-state index contributed by atoms with van der Waals surface area (Å²) in [5, 5.41) is 0.491. The van der Waals surface area contributed by atoms with Gasteiger partial charge in [-0.1, -0.05) is 29.8 Å². The Balaban J connectivity index is 3.08. The molecule has 7 heteroatoms. The van der Waals surface area contributed by atoms with E-state index in [1.165, 1.54) is 6.08 Å². The molecule has 1 aromatic rings. The van der Waals surface area contributed by atoms with E-state index >= 15 is 0 Å². The Kier molecular flexibility index (Phi) is 5.75. The van der Waals surface area contributed by atoms with E-state index in [2.05, 4.69) is 4.40 Å². The van der Waals surface area contributed by atoms with Crippen molar-refractivity contribution in [1.29, 1.82) is 0 Å².